The van der Waals surface area contributed by atoms with Crippen molar-refractivity contribution in [1.82, 2.24) is 4.90 Å². The van der Waals surface area contributed by atoms with E-state index >= 15 is 0 Å². The first-order chi connectivity index (χ1) is 7.83. The molecule has 0 aromatic carbocycles. The van der Waals surface area contributed by atoms with Gasteiger partial charge in [0, 0.05) is 30.1 Å². The van der Waals surface area contributed by atoms with Crippen LogP contribution in [0.2, 0.25) is 0 Å². The first-order valence-corrected chi connectivity index (χ1v) is 7.76. The summed E-state index contributed by atoms with van der Waals surface area (Å²) >= 11 is 3.80. The van der Waals surface area contributed by atoms with Crippen LogP contribution in [0, 0.1) is 0 Å². The zero-order valence-corrected chi connectivity index (χ0v) is 11.5. The molecule has 3 aliphatic heterocycles. The first kappa shape index (κ1) is 11.5. The van der Waals surface area contributed by atoms with Crippen LogP contribution in [0.4, 0.5) is 0 Å². The number of piperidine rings is 1. The molecule has 0 amide bonds. The maximum absolute atomic E-state index is 5.88. The quantitative estimate of drug-likeness (QED) is 0.724. The summed E-state index contributed by atoms with van der Waals surface area (Å²) in [4.78, 5) is 3.53. The minimum atomic E-state index is 0.531. The van der Waals surface area contributed by atoms with E-state index < -0.39 is 0 Å². The van der Waals surface area contributed by atoms with Crippen LogP contribution in [0.25, 0.3) is 0 Å². The average molecular weight is 288 g/mol. The fraction of sp³-hybridized carbons (Fsp3) is 1.00. The van der Waals surface area contributed by atoms with Gasteiger partial charge in [-0.15, -0.1) is 0 Å². The fourth-order valence-corrected chi connectivity index (χ4v) is 4.56. The van der Waals surface area contributed by atoms with Gasteiger partial charge in [0.05, 0.1) is 6.10 Å². The molecule has 0 aromatic heterocycles. The van der Waals surface area contributed by atoms with Gasteiger partial charge in [0.15, 0.2) is 0 Å². The van der Waals surface area contributed by atoms with Crippen LogP contribution in [-0.4, -0.2) is 41.1 Å². The largest absolute Gasteiger partial charge is 0.377 e. The number of rotatable bonds is 2. The molecule has 0 radical (unpaired) electrons. The first-order valence-electron chi connectivity index (χ1n) is 6.84. The van der Waals surface area contributed by atoms with Gasteiger partial charge in [-0.25, -0.2) is 0 Å². The van der Waals surface area contributed by atoms with Crippen LogP contribution < -0.4 is 0 Å². The lowest BCUT2D eigenvalue weighted by molar-refractivity contribution is -0.0208. The maximum atomic E-state index is 5.88. The zero-order valence-electron chi connectivity index (χ0n) is 9.91. The Morgan fingerprint density at radius 2 is 1.81 bits per heavy atom. The lowest BCUT2D eigenvalue weighted by Gasteiger charge is -2.39. The molecule has 3 aliphatic rings. The van der Waals surface area contributed by atoms with Gasteiger partial charge in [-0.05, 0) is 44.9 Å². The normalized spacial score (nSPS) is 44.8. The highest BCUT2D eigenvalue weighted by atomic mass is 79.9. The Morgan fingerprint density at radius 3 is 2.44 bits per heavy atom. The number of hydrogen-bond donors (Lipinski definition) is 0. The SMILES string of the molecule is BrC1CC2CCC(C1)N2CC1CCCCO1. The number of halogens is 1. The van der Waals surface area contributed by atoms with Gasteiger partial charge in [-0.3, -0.25) is 4.90 Å². The molecule has 2 nitrogen and oxygen atoms in total. The summed E-state index contributed by atoms with van der Waals surface area (Å²) in [7, 11) is 0. The summed E-state index contributed by atoms with van der Waals surface area (Å²) in [6.07, 6.45) is 9.99. The Balaban J connectivity index is 1.58. The van der Waals surface area contributed by atoms with E-state index in [9.17, 15) is 0 Å². The van der Waals surface area contributed by atoms with Crippen LogP contribution in [0.1, 0.15) is 44.9 Å². The third kappa shape index (κ3) is 2.32. The molecular formula is C13H22BrNO. The van der Waals surface area contributed by atoms with Crippen molar-refractivity contribution in [1.29, 1.82) is 0 Å². The number of ether oxygens (including phenoxy) is 1. The molecular weight excluding hydrogens is 266 g/mol. The second-order valence-corrected chi connectivity index (χ2v) is 6.93. The molecule has 3 saturated heterocycles. The lowest BCUT2D eigenvalue weighted by Crippen LogP contribution is -2.47. The van der Waals surface area contributed by atoms with Gasteiger partial charge < -0.3 is 4.74 Å². The van der Waals surface area contributed by atoms with Gasteiger partial charge >= 0.3 is 0 Å². The highest BCUT2D eigenvalue weighted by Crippen LogP contribution is 2.38. The van der Waals surface area contributed by atoms with E-state index in [0.29, 0.717) is 6.10 Å². The molecule has 0 aromatic rings. The predicted molar refractivity (Wildman–Crippen MR) is 69.1 cm³/mol. The summed E-state index contributed by atoms with van der Waals surface area (Å²) in [5.41, 5.74) is 0. The van der Waals surface area contributed by atoms with Crippen molar-refractivity contribution >= 4 is 15.9 Å². The van der Waals surface area contributed by atoms with E-state index in [1.54, 1.807) is 0 Å². The molecule has 0 N–H and O–H groups in total. The van der Waals surface area contributed by atoms with Crippen LogP contribution >= 0.6 is 15.9 Å². The van der Waals surface area contributed by atoms with Crippen LogP contribution in [-0.2, 0) is 4.74 Å². The van der Waals surface area contributed by atoms with E-state index in [2.05, 4.69) is 20.8 Å². The molecule has 0 spiro atoms. The van der Waals surface area contributed by atoms with E-state index in [1.807, 2.05) is 0 Å². The standard InChI is InChI=1S/C13H22BrNO/c14-10-7-11-4-5-12(8-10)15(11)9-13-3-1-2-6-16-13/h10-13H,1-9H2. The lowest BCUT2D eigenvalue weighted by atomic mass is 10.0. The predicted octanol–water partition coefficient (Wildman–Crippen LogP) is 2.95. The van der Waals surface area contributed by atoms with Crippen LogP contribution in [0.3, 0.4) is 0 Å². The van der Waals surface area contributed by atoms with Crippen molar-refractivity contribution in [2.24, 2.45) is 0 Å². The summed E-state index contributed by atoms with van der Waals surface area (Å²) < 4.78 is 5.88. The molecule has 2 bridgehead atoms. The van der Waals surface area contributed by atoms with E-state index in [4.69, 9.17) is 4.74 Å². The Bertz CT molecular complexity index is 228. The van der Waals surface area contributed by atoms with Gasteiger partial charge in [0.1, 0.15) is 0 Å². The number of hydrogen-bond acceptors (Lipinski definition) is 2. The summed E-state index contributed by atoms with van der Waals surface area (Å²) in [6.45, 7) is 2.20. The van der Waals surface area contributed by atoms with Crippen molar-refractivity contribution in [3.63, 3.8) is 0 Å². The molecule has 3 atom stereocenters. The van der Waals surface area contributed by atoms with Crippen molar-refractivity contribution < 1.29 is 4.74 Å². The maximum Gasteiger partial charge on any atom is 0.0702 e. The van der Waals surface area contributed by atoms with E-state index in [-0.39, 0.29) is 0 Å². The second-order valence-electron chi connectivity index (χ2n) is 5.64. The summed E-state index contributed by atoms with van der Waals surface area (Å²) in [5.74, 6) is 0. The highest BCUT2D eigenvalue weighted by molar-refractivity contribution is 9.09. The molecule has 92 valence electrons. The van der Waals surface area contributed by atoms with Crippen LogP contribution in [0.15, 0.2) is 0 Å². The summed E-state index contributed by atoms with van der Waals surface area (Å²) in [5, 5.41) is 0. The molecule has 0 saturated carbocycles. The van der Waals surface area contributed by atoms with Crippen molar-refractivity contribution in [3.05, 3.63) is 0 Å². The molecule has 3 heteroatoms. The smallest absolute Gasteiger partial charge is 0.0702 e. The Labute approximate surface area is 107 Å². The summed E-state index contributed by atoms with van der Waals surface area (Å²) in [6, 6.07) is 1.68. The topological polar surface area (TPSA) is 12.5 Å². The van der Waals surface area contributed by atoms with Gasteiger partial charge in [-0.1, -0.05) is 15.9 Å². The van der Waals surface area contributed by atoms with Crippen molar-refractivity contribution in [2.75, 3.05) is 13.2 Å². The van der Waals surface area contributed by atoms with Crippen molar-refractivity contribution in [2.45, 2.75) is 68.0 Å². The molecule has 3 heterocycles. The molecule has 16 heavy (non-hydrogen) atoms. The highest BCUT2D eigenvalue weighted by Gasteiger charge is 2.40. The minimum absolute atomic E-state index is 0.531. The zero-order chi connectivity index (χ0) is 11.0. The van der Waals surface area contributed by atoms with Gasteiger partial charge in [-0.2, -0.15) is 0 Å². The van der Waals surface area contributed by atoms with Gasteiger partial charge in [0.25, 0.3) is 0 Å². The molecule has 3 fully saturated rings. The minimum Gasteiger partial charge on any atom is -0.377 e. The van der Waals surface area contributed by atoms with E-state index in [0.717, 1.165) is 23.5 Å². The number of alkyl halides is 1. The van der Waals surface area contributed by atoms with Gasteiger partial charge in [0.2, 0.25) is 0 Å². The average Bonchev–Trinajstić information content (AvgIpc) is 2.54. The Morgan fingerprint density at radius 1 is 1.06 bits per heavy atom. The van der Waals surface area contributed by atoms with Crippen LogP contribution in [0.5, 0.6) is 0 Å². The fourth-order valence-electron chi connectivity index (χ4n) is 3.69. The number of nitrogens with zero attached hydrogens (tertiary/aromatic N) is 1. The molecule has 3 rings (SSSR count). The molecule has 3 unspecified atom stereocenters. The second kappa shape index (κ2) is 4.95. The Hall–Kier alpha value is 0.400. The third-order valence-electron chi connectivity index (χ3n) is 4.52. The third-order valence-corrected chi connectivity index (χ3v) is 5.26. The monoisotopic (exact) mass is 287 g/mol. The Kier molecular flexibility index (Phi) is 3.55. The van der Waals surface area contributed by atoms with E-state index in [1.165, 1.54) is 51.5 Å². The number of fused-ring (bicyclic) bond motifs is 2. The molecule has 0 aliphatic carbocycles. The van der Waals surface area contributed by atoms with Crippen molar-refractivity contribution in [3.8, 4) is 0 Å².